The van der Waals surface area contributed by atoms with E-state index in [4.69, 9.17) is 22.3 Å². The van der Waals surface area contributed by atoms with Gasteiger partial charge >= 0.3 is 0 Å². The van der Waals surface area contributed by atoms with E-state index in [0.29, 0.717) is 11.5 Å². The van der Waals surface area contributed by atoms with Gasteiger partial charge in [0.2, 0.25) is 11.5 Å². The van der Waals surface area contributed by atoms with Crippen molar-refractivity contribution < 1.29 is 9.47 Å². The Morgan fingerprint density at radius 3 is 1.50 bits per heavy atom. The second-order valence-corrected chi connectivity index (χ2v) is 2.26. The summed E-state index contributed by atoms with van der Waals surface area (Å²) in [4.78, 5) is 0. The number of ether oxygens (including phenoxy) is 2. The van der Waals surface area contributed by atoms with Crippen LogP contribution in [0.4, 0.5) is 0 Å². The summed E-state index contributed by atoms with van der Waals surface area (Å²) in [5.41, 5.74) is 0. The Hall–Kier alpha value is -1.80. The van der Waals surface area contributed by atoms with Crippen LogP contribution in [0.3, 0.4) is 0 Å². The lowest BCUT2D eigenvalue weighted by Crippen LogP contribution is -2.05. The molecule has 0 atom stereocenters. The van der Waals surface area contributed by atoms with Gasteiger partial charge in [-0.1, -0.05) is 0 Å². The minimum absolute atomic E-state index is 0.264. The predicted octanol–water partition coefficient (Wildman–Crippen LogP) is 1.76. The first-order valence-corrected chi connectivity index (χ1v) is 3.39. The fraction of sp³-hybridized carbons (Fsp3) is 0.200. The Bertz CT molecular complexity index is 311. The molecular formula is C10H8O2. The third-order valence-corrected chi connectivity index (χ3v) is 1.47. The van der Waals surface area contributed by atoms with Gasteiger partial charge in [-0.3, -0.25) is 0 Å². The van der Waals surface area contributed by atoms with Crippen molar-refractivity contribution in [2.24, 2.45) is 0 Å². The second kappa shape index (κ2) is 3.07. The molecule has 0 N–H and O–H groups in total. The summed E-state index contributed by atoms with van der Waals surface area (Å²) in [5.74, 6) is 6.43. The van der Waals surface area contributed by atoms with Crippen LogP contribution >= 0.6 is 0 Å². The van der Waals surface area contributed by atoms with Gasteiger partial charge in [-0.2, -0.15) is 0 Å². The van der Waals surface area contributed by atoms with Crippen LogP contribution in [0.25, 0.3) is 0 Å². The molecule has 0 aromatic heterocycles. The molecule has 1 rings (SSSR count). The van der Waals surface area contributed by atoms with Gasteiger partial charge < -0.3 is 9.47 Å². The van der Waals surface area contributed by atoms with Crippen LogP contribution in [-0.2, 0) is 9.47 Å². The van der Waals surface area contributed by atoms with Gasteiger partial charge in [-0.15, -0.1) is 12.8 Å². The highest BCUT2D eigenvalue weighted by molar-refractivity contribution is 5.36. The Morgan fingerprint density at radius 2 is 1.25 bits per heavy atom. The fourth-order valence-electron chi connectivity index (χ4n) is 0.733. The summed E-state index contributed by atoms with van der Waals surface area (Å²) in [6.07, 6.45) is 10.3. The van der Waals surface area contributed by atoms with Crippen molar-refractivity contribution in [3.63, 3.8) is 0 Å². The van der Waals surface area contributed by atoms with Crippen LogP contribution in [0.2, 0.25) is 0 Å². The highest BCUT2D eigenvalue weighted by atomic mass is 16.6. The highest BCUT2D eigenvalue weighted by Crippen LogP contribution is 2.23. The van der Waals surface area contributed by atoms with Crippen LogP contribution in [0.1, 0.15) is 13.8 Å². The maximum absolute atomic E-state index is 5.21. The molecule has 1 heterocycles. The Kier molecular flexibility index (Phi) is 2.12. The van der Waals surface area contributed by atoms with Gasteiger partial charge in [0.15, 0.2) is 0 Å². The van der Waals surface area contributed by atoms with Gasteiger partial charge in [0.25, 0.3) is 0 Å². The minimum Gasteiger partial charge on any atom is -0.445 e. The zero-order valence-electron chi connectivity index (χ0n) is 6.97. The first-order chi connectivity index (χ1) is 5.69. The highest BCUT2D eigenvalue weighted by Gasteiger charge is 2.15. The van der Waals surface area contributed by atoms with E-state index in [9.17, 15) is 0 Å². The second-order valence-electron chi connectivity index (χ2n) is 2.26. The zero-order chi connectivity index (χ0) is 9.14. The van der Waals surface area contributed by atoms with E-state index < -0.39 is 0 Å². The molecule has 0 aromatic rings. The number of allylic oxidation sites excluding steroid dienone is 4. The largest absolute Gasteiger partial charge is 0.445 e. The third kappa shape index (κ3) is 1.28. The van der Waals surface area contributed by atoms with Crippen molar-refractivity contribution in [2.45, 2.75) is 13.8 Å². The van der Waals surface area contributed by atoms with Gasteiger partial charge in [0, 0.05) is 0 Å². The lowest BCUT2D eigenvalue weighted by molar-refractivity contribution is 0.197. The van der Waals surface area contributed by atoms with Crippen molar-refractivity contribution in [1.82, 2.24) is 0 Å². The summed E-state index contributed by atoms with van der Waals surface area (Å²) in [5, 5.41) is 0. The van der Waals surface area contributed by atoms with Crippen LogP contribution in [0, 0.1) is 24.7 Å². The van der Waals surface area contributed by atoms with E-state index in [0.717, 1.165) is 0 Å². The van der Waals surface area contributed by atoms with Crippen molar-refractivity contribution >= 4 is 0 Å². The van der Waals surface area contributed by atoms with Gasteiger partial charge in [-0.25, -0.2) is 0 Å². The summed E-state index contributed by atoms with van der Waals surface area (Å²) >= 11 is 0. The van der Waals surface area contributed by atoms with Gasteiger partial charge in [0.05, 0.1) is 0 Å². The van der Waals surface area contributed by atoms with E-state index >= 15 is 0 Å². The smallest absolute Gasteiger partial charge is 0.228 e. The Balaban J connectivity index is 3.02. The molecule has 0 aliphatic carbocycles. The SMILES string of the molecule is C#CC1=C(C#C)OC(C)=C(C)O1. The van der Waals surface area contributed by atoms with E-state index in [-0.39, 0.29) is 11.5 Å². The first kappa shape index (κ1) is 8.30. The molecular weight excluding hydrogens is 152 g/mol. The molecule has 0 saturated heterocycles. The molecule has 2 heteroatoms. The number of hydrogen-bond acceptors (Lipinski definition) is 2. The maximum Gasteiger partial charge on any atom is 0.228 e. The normalized spacial score (nSPS) is 16.0. The van der Waals surface area contributed by atoms with E-state index in [1.807, 2.05) is 0 Å². The van der Waals surface area contributed by atoms with Crippen LogP contribution in [0.15, 0.2) is 23.0 Å². The Morgan fingerprint density at radius 1 is 0.917 bits per heavy atom. The van der Waals surface area contributed by atoms with E-state index in [2.05, 4.69) is 11.8 Å². The predicted molar refractivity (Wildman–Crippen MR) is 45.2 cm³/mol. The van der Waals surface area contributed by atoms with Crippen LogP contribution < -0.4 is 0 Å². The molecule has 1 aliphatic rings. The molecule has 0 bridgehead atoms. The lowest BCUT2D eigenvalue weighted by Gasteiger charge is -2.17. The maximum atomic E-state index is 5.21. The fourth-order valence-corrected chi connectivity index (χ4v) is 0.733. The zero-order valence-corrected chi connectivity index (χ0v) is 6.97. The molecule has 0 unspecified atom stereocenters. The summed E-state index contributed by atoms with van der Waals surface area (Å²) in [6.45, 7) is 3.53. The average Bonchev–Trinajstić information content (AvgIpc) is 2.09. The molecule has 0 aromatic carbocycles. The Labute approximate surface area is 71.9 Å². The van der Waals surface area contributed by atoms with Crippen molar-refractivity contribution in [3.8, 4) is 24.7 Å². The third-order valence-electron chi connectivity index (χ3n) is 1.47. The minimum atomic E-state index is 0.264. The monoisotopic (exact) mass is 160 g/mol. The summed E-state index contributed by atoms with van der Waals surface area (Å²) < 4.78 is 10.4. The molecule has 0 saturated carbocycles. The molecule has 0 spiro atoms. The number of terminal acetylenes is 2. The molecule has 2 nitrogen and oxygen atoms in total. The van der Waals surface area contributed by atoms with E-state index in [1.165, 1.54) is 0 Å². The van der Waals surface area contributed by atoms with Crippen molar-refractivity contribution in [1.29, 1.82) is 0 Å². The standard InChI is InChI=1S/C10H8O2/c1-5-9-10(6-2)12-8(4)7(3)11-9/h1-2H,3-4H3. The topological polar surface area (TPSA) is 18.5 Å². The van der Waals surface area contributed by atoms with Crippen LogP contribution in [0.5, 0.6) is 0 Å². The van der Waals surface area contributed by atoms with Crippen molar-refractivity contribution in [2.75, 3.05) is 0 Å². The number of rotatable bonds is 0. The quantitative estimate of drug-likeness (QED) is 0.503. The summed E-state index contributed by atoms with van der Waals surface area (Å²) in [7, 11) is 0. The van der Waals surface area contributed by atoms with E-state index in [1.54, 1.807) is 13.8 Å². The molecule has 0 fully saturated rings. The number of hydrogen-bond donors (Lipinski definition) is 0. The molecule has 60 valence electrons. The first-order valence-electron chi connectivity index (χ1n) is 3.39. The van der Waals surface area contributed by atoms with Crippen LogP contribution in [-0.4, -0.2) is 0 Å². The van der Waals surface area contributed by atoms with Gasteiger partial charge in [-0.05, 0) is 25.7 Å². The molecule has 0 amide bonds. The van der Waals surface area contributed by atoms with Gasteiger partial charge in [0.1, 0.15) is 11.5 Å². The molecule has 1 aliphatic heterocycles. The van der Waals surface area contributed by atoms with Crippen molar-refractivity contribution in [3.05, 3.63) is 23.0 Å². The average molecular weight is 160 g/mol. The molecule has 0 radical (unpaired) electrons. The summed E-state index contributed by atoms with van der Waals surface area (Å²) in [6, 6.07) is 0. The lowest BCUT2D eigenvalue weighted by atomic mass is 10.3. The molecule has 12 heavy (non-hydrogen) atoms.